The molecule has 1 atom stereocenters. The molecule has 1 unspecified atom stereocenters. The molecule has 0 heterocycles. The van der Waals surface area contributed by atoms with Crippen molar-refractivity contribution in [3.63, 3.8) is 0 Å². The van der Waals surface area contributed by atoms with Crippen LogP contribution in [0.25, 0.3) is 0 Å². The Bertz CT molecular complexity index is 333. The van der Waals surface area contributed by atoms with Gasteiger partial charge in [0.25, 0.3) is 0 Å². The van der Waals surface area contributed by atoms with Gasteiger partial charge < -0.3 is 5.11 Å². The van der Waals surface area contributed by atoms with E-state index in [-0.39, 0.29) is 6.10 Å². The second kappa shape index (κ2) is 13.8. The van der Waals surface area contributed by atoms with Gasteiger partial charge in [-0.2, -0.15) is 0 Å². The molecule has 0 amide bonds. The van der Waals surface area contributed by atoms with Crippen molar-refractivity contribution in [2.75, 3.05) is 0 Å². The van der Waals surface area contributed by atoms with Gasteiger partial charge in [0.1, 0.15) is 0 Å². The molecule has 126 valence electrons. The highest BCUT2D eigenvalue weighted by molar-refractivity contribution is 5.16. The molecule has 0 radical (unpaired) electrons. The van der Waals surface area contributed by atoms with Crippen molar-refractivity contribution in [3.05, 3.63) is 35.9 Å². The fourth-order valence-corrected chi connectivity index (χ4v) is 3.02. The summed E-state index contributed by atoms with van der Waals surface area (Å²) in [4.78, 5) is 0. The van der Waals surface area contributed by atoms with Crippen molar-refractivity contribution in [1.29, 1.82) is 0 Å². The summed E-state index contributed by atoms with van der Waals surface area (Å²) in [6.45, 7) is 2.28. The number of hydrogen-bond donors (Lipinski definition) is 1. The monoisotopic (exact) mass is 304 g/mol. The lowest BCUT2D eigenvalue weighted by Gasteiger charge is -2.10. The molecule has 0 aliphatic carbocycles. The van der Waals surface area contributed by atoms with Crippen molar-refractivity contribution < 1.29 is 5.11 Å². The number of unbranched alkanes of at least 4 members (excludes halogenated alkanes) is 11. The highest BCUT2D eigenvalue weighted by Gasteiger charge is 2.05. The molecule has 1 aromatic carbocycles. The molecule has 0 saturated heterocycles. The molecule has 0 aromatic heterocycles. The minimum Gasteiger partial charge on any atom is -0.388 e. The van der Waals surface area contributed by atoms with Crippen LogP contribution in [0.5, 0.6) is 0 Å². The Balaban J connectivity index is 1.84. The van der Waals surface area contributed by atoms with Crippen LogP contribution in [0.1, 0.15) is 102 Å². The van der Waals surface area contributed by atoms with E-state index in [9.17, 15) is 5.11 Å². The number of hydrogen-bond acceptors (Lipinski definition) is 1. The van der Waals surface area contributed by atoms with Gasteiger partial charge in [0, 0.05) is 0 Å². The van der Waals surface area contributed by atoms with Crippen LogP contribution in [-0.4, -0.2) is 5.11 Å². The second-order valence-electron chi connectivity index (χ2n) is 6.60. The fourth-order valence-electron chi connectivity index (χ4n) is 3.02. The van der Waals surface area contributed by atoms with Gasteiger partial charge in [0.15, 0.2) is 0 Å². The molecule has 1 N–H and O–H groups in total. The summed E-state index contributed by atoms with van der Waals surface area (Å²) in [5.74, 6) is 0. The zero-order valence-corrected chi connectivity index (χ0v) is 14.6. The molecule has 1 rings (SSSR count). The van der Waals surface area contributed by atoms with E-state index in [1.807, 2.05) is 30.3 Å². The van der Waals surface area contributed by atoms with Crippen molar-refractivity contribution in [3.8, 4) is 0 Å². The molecule has 0 saturated carbocycles. The molecular weight excluding hydrogens is 268 g/mol. The van der Waals surface area contributed by atoms with Gasteiger partial charge in [-0.05, 0) is 12.0 Å². The van der Waals surface area contributed by atoms with Crippen LogP contribution in [0.15, 0.2) is 30.3 Å². The number of aliphatic hydroxyl groups excluding tert-OH is 1. The zero-order chi connectivity index (χ0) is 15.9. The summed E-state index contributed by atoms with van der Waals surface area (Å²) in [6, 6.07) is 10.0. The van der Waals surface area contributed by atoms with Gasteiger partial charge in [-0.25, -0.2) is 0 Å². The molecule has 22 heavy (non-hydrogen) atoms. The van der Waals surface area contributed by atoms with Gasteiger partial charge in [-0.15, -0.1) is 0 Å². The quantitative estimate of drug-likeness (QED) is 0.374. The van der Waals surface area contributed by atoms with E-state index in [1.54, 1.807) is 0 Å². The van der Waals surface area contributed by atoms with Crippen LogP contribution in [0, 0.1) is 0 Å². The van der Waals surface area contributed by atoms with E-state index in [2.05, 4.69) is 6.92 Å². The van der Waals surface area contributed by atoms with Crippen LogP contribution in [0.3, 0.4) is 0 Å². The summed E-state index contributed by atoms with van der Waals surface area (Å²) in [5.41, 5.74) is 1.06. The molecule has 0 spiro atoms. The van der Waals surface area contributed by atoms with E-state index < -0.39 is 0 Å². The Kier molecular flexibility index (Phi) is 12.1. The highest BCUT2D eigenvalue weighted by Crippen LogP contribution is 2.20. The summed E-state index contributed by atoms with van der Waals surface area (Å²) in [5, 5.41) is 10.1. The third-order valence-electron chi connectivity index (χ3n) is 4.52. The third-order valence-corrected chi connectivity index (χ3v) is 4.52. The average Bonchev–Trinajstić information content (AvgIpc) is 2.56. The van der Waals surface area contributed by atoms with Crippen LogP contribution >= 0.6 is 0 Å². The van der Waals surface area contributed by atoms with E-state index in [1.165, 1.54) is 70.6 Å². The summed E-state index contributed by atoms with van der Waals surface area (Å²) in [6.07, 6.45) is 17.0. The van der Waals surface area contributed by atoms with Crippen LogP contribution < -0.4 is 0 Å². The maximum atomic E-state index is 10.1. The first kappa shape index (κ1) is 19.2. The predicted molar refractivity (Wildman–Crippen MR) is 97.1 cm³/mol. The molecule has 1 heteroatoms. The third kappa shape index (κ3) is 10.00. The lowest BCUT2D eigenvalue weighted by atomic mass is 10.0. The number of benzene rings is 1. The first-order chi connectivity index (χ1) is 10.8. The smallest absolute Gasteiger partial charge is 0.0790 e. The first-order valence-electron chi connectivity index (χ1n) is 9.57. The SMILES string of the molecule is CCCCCCCCCCCCCCC(O)c1ccccc1. The van der Waals surface area contributed by atoms with Crippen molar-refractivity contribution in [2.24, 2.45) is 0 Å². The van der Waals surface area contributed by atoms with Crippen LogP contribution in [0.4, 0.5) is 0 Å². The topological polar surface area (TPSA) is 20.2 Å². The van der Waals surface area contributed by atoms with E-state index in [0.717, 1.165) is 18.4 Å². The normalized spacial score (nSPS) is 12.5. The molecule has 0 aliphatic rings. The summed E-state index contributed by atoms with van der Waals surface area (Å²) in [7, 11) is 0. The summed E-state index contributed by atoms with van der Waals surface area (Å²) >= 11 is 0. The predicted octanol–water partition coefficient (Wildman–Crippen LogP) is 6.81. The molecule has 0 aliphatic heterocycles. The maximum absolute atomic E-state index is 10.1. The van der Waals surface area contributed by atoms with E-state index >= 15 is 0 Å². The Morgan fingerprint density at radius 2 is 1.14 bits per heavy atom. The van der Waals surface area contributed by atoms with E-state index in [4.69, 9.17) is 0 Å². The van der Waals surface area contributed by atoms with Crippen LogP contribution in [-0.2, 0) is 0 Å². The Labute approximate surface area is 138 Å². The van der Waals surface area contributed by atoms with Crippen molar-refractivity contribution in [2.45, 2.75) is 96.5 Å². The maximum Gasteiger partial charge on any atom is 0.0790 e. The van der Waals surface area contributed by atoms with Crippen LogP contribution in [0.2, 0.25) is 0 Å². The first-order valence-corrected chi connectivity index (χ1v) is 9.57. The average molecular weight is 305 g/mol. The molecular formula is C21H36O. The fraction of sp³-hybridized carbons (Fsp3) is 0.714. The molecule has 1 nitrogen and oxygen atoms in total. The van der Waals surface area contributed by atoms with Gasteiger partial charge >= 0.3 is 0 Å². The largest absolute Gasteiger partial charge is 0.388 e. The number of aliphatic hydroxyl groups is 1. The van der Waals surface area contributed by atoms with E-state index in [0.29, 0.717) is 0 Å². The van der Waals surface area contributed by atoms with Gasteiger partial charge in [0.05, 0.1) is 6.10 Å². The summed E-state index contributed by atoms with van der Waals surface area (Å²) < 4.78 is 0. The zero-order valence-electron chi connectivity index (χ0n) is 14.6. The molecule has 0 bridgehead atoms. The second-order valence-corrected chi connectivity index (χ2v) is 6.60. The standard InChI is InChI=1S/C21H36O/c1-2-3-4-5-6-7-8-9-10-11-12-16-19-21(22)20-17-14-13-15-18-20/h13-15,17-18,21-22H,2-12,16,19H2,1H3. The lowest BCUT2D eigenvalue weighted by Crippen LogP contribution is -1.96. The molecule has 1 aromatic rings. The molecule has 0 fully saturated rings. The van der Waals surface area contributed by atoms with Crippen molar-refractivity contribution in [1.82, 2.24) is 0 Å². The highest BCUT2D eigenvalue weighted by atomic mass is 16.3. The Morgan fingerprint density at radius 1 is 0.682 bits per heavy atom. The Morgan fingerprint density at radius 3 is 1.64 bits per heavy atom. The van der Waals surface area contributed by atoms with Crippen molar-refractivity contribution >= 4 is 0 Å². The van der Waals surface area contributed by atoms with Gasteiger partial charge in [-0.1, -0.05) is 114 Å². The minimum absolute atomic E-state index is 0.274. The lowest BCUT2D eigenvalue weighted by molar-refractivity contribution is 0.163. The number of rotatable bonds is 14. The van der Waals surface area contributed by atoms with Gasteiger partial charge in [-0.3, -0.25) is 0 Å². The minimum atomic E-state index is -0.274. The van der Waals surface area contributed by atoms with Gasteiger partial charge in [0.2, 0.25) is 0 Å². The Hall–Kier alpha value is -0.820.